The smallest absolute Gasteiger partial charge is 0.161 e. The minimum atomic E-state index is 0.121. The first-order valence-corrected chi connectivity index (χ1v) is 3.94. The minimum Gasteiger partial charge on any atom is -0.504 e. The second-order valence-corrected chi connectivity index (χ2v) is 2.69. The molecule has 0 amide bonds. The number of phenols is 1. The zero-order valence-corrected chi connectivity index (χ0v) is 7.58. The highest BCUT2D eigenvalue weighted by Gasteiger charge is 2.03. The summed E-state index contributed by atoms with van der Waals surface area (Å²) < 4.78 is 4.95. The molecule has 1 aromatic carbocycles. The predicted molar refractivity (Wildman–Crippen MR) is 52.7 cm³/mol. The third kappa shape index (κ3) is 2.00. The van der Waals surface area contributed by atoms with Crippen LogP contribution in [0.4, 0.5) is 0 Å². The number of phenolic OH excluding ortho intramolecular Hbond substituents is 1. The van der Waals surface area contributed by atoms with Gasteiger partial charge < -0.3 is 15.6 Å². The Morgan fingerprint density at radius 3 is 2.85 bits per heavy atom. The summed E-state index contributed by atoms with van der Waals surface area (Å²) in [5.74, 6) is 0.558. The monoisotopic (exact) mass is 179 g/mol. The molecule has 70 valence electrons. The van der Waals surface area contributed by atoms with Crippen LogP contribution in [0.3, 0.4) is 0 Å². The maximum absolute atomic E-state index is 9.30. The van der Waals surface area contributed by atoms with E-state index in [0.29, 0.717) is 12.3 Å². The van der Waals surface area contributed by atoms with Crippen LogP contribution in [0.15, 0.2) is 24.8 Å². The molecule has 0 aromatic heterocycles. The summed E-state index contributed by atoms with van der Waals surface area (Å²) in [5.41, 5.74) is 7.13. The topological polar surface area (TPSA) is 55.5 Å². The van der Waals surface area contributed by atoms with Crippen molar-refractivity contribution >= 4 is 5.57 Å². The Morgan fingerprint density at radius 1 is 1.62 bits per heavy atom. The van der Waals surface area contributed by atoms with Crippen LogP contribution in [-0.4, -0.2) is 18.8 Å². The van der Waals surface area contributed by atoms with E-state index in [1.807, 2.05) is 0 Å². The molecule has 0 aliphatic heterocycles. The first-order chi connectivity index (χ1) is 6.19. The molecule has 0 saturated carbocycles. The van der Waals surface area contributed by atoms with Crippen molar-refractivity contribution in [3.8, 4) is 11.5 Å². The molecule has 0 fully saturated rings. The number of methoxy groups -OCH3 is 1. The zero-order valence-electron chi connectivity index (χ0n) is 7.58. The quantitative estimate of drug-likeness (QED) is 0.736. The number of hydrogen-bond acceptors (Lipinski definition) is 3. The van der Waals surface area contributed by atoms with Crippen molar-refractivity contribution < 1.29 is 9.84 Å². The third-order valence-corrected chi connectivity index (χ3v) is 1.83. The summed E-state index contributed by atoms with van der Waals surface area (Å²) in [6.07, 6.45) is 0. The molecule has 13 heavy (non-hydrogen) atoms. The molecule has 0 spiro atoms. The molecule has 3 nitrogen and oxygen atoms in total. The van der Waals surface area contributed by atoms with E-state index in [2.05, 4.69) is 6.58 Å². The van der Waals surface area contributed by atoms with Gasteiger partial charge in [-0.05, 0) is 23.3 Å². The number of nitrogens with two attached hydrogens (primary N) is 1. The molecule has 0 saturated heterocycles. The molecule has 0 radical (unpaired) electrons. The second-order valence-electron chi connectivity index (χ2n) is 2.69. The van der Waals surface area contributed by atoms with Crippen LogP contribution in [0, 0.1) is 0 Å². The van der Waals surface area contributed by atoms with Gasteiger partial charge in [0, 0.05) is 6.54 Å². The average Bonchev–Trinajstić information content (AvgIpc) is 2.17. The highest BCUT2D eigenvalue weighted by Crippen LogP contribution is 2.28. The number of benzene rings is 1. The van der Waals surface area contributed by atoms with Crippen LogP contribution in [0.1, 0.15) is 5.56 Å². The second kappa shape index (κ2) is 3.96. The molecule has 0 aliphatic rings. The van der Waals surface area contributed by atoms with Crippen molar-refractivity contribution in [2.24, 2.45) is 5.73 Å². The molecular weight excluding hydrogens is 166 g/mol. The van der Waals surface area contributed by atoms with Gasteiger partial charge in [-0.1, -0.05) is 12.6 Å². The maximum atomic E-state index is 9.30. The fraction of sp³-hybridized carbons (Fsp3) is 0.200. The van der Waals surface area contributed by atoms with E-state index in [1.165, 1.54) is 7.11 Å². The van der Waals surface area contributed by atoms with E-state index >= 15 is 0 Å². The van der Waals surface area contributed by atoms with E-state index < -0.39 is 0 Å². The Balaban J connectivity index is 3.06. The summed E-state index contributed by atoms with van der Waals surface area (Å²) in [4.78, 5) is 0. The molecule has 0 atom stereocenters. The molecule has 0 unspecified atom stereocenters. The highest BCUT2D eigenvalue weighted by atomic mass is 16.5. The van der Waals surface area contributed by atoms with Gasteiger partial charge in [0.25, 0.3) is 0 Å². The average molecular weight is 179 g/mol. The molecular formula is C10H13NO2. The van der Waals surface area contributed by atoms with Gasteiger partial charge >= 0.3 is 0 Å². The molecule has 1 rings (SSSR count). The van der Waals surface area contributed by atoms with Crippen molar-refractivity contribution in [3.05, 3.63) is 30.3 Å². The lowest BCUT2D eigenvalue weighted by molar-refractivity contribution is 0.373. The minimum absolute atomic E-state index is 0.121. The van der Waals surface area contributed by atoms with Gasteiger partial charge in [0.05, 0.1) is 7.11 Å². The van der Waals surface area contributed by atoms with E-state index in [-0.39, 0.29) is 5.75 Å². The summed E-state index contributed by atoms with van der Waals surface area (Å²) in [6.45, 7) is 4.18. The Labute approximate surface area is 77.4 Å². The molecule has 1 aromatic rings. The van der Waals surface area contributed by atoms with Crippen molar-refractivity contribution in [1.82, 2.24) is 0 Å². The van der Waals surface area contributed by atoms with E-state index in [0.717, 1.165) is 11.1 Å². The highest BCUT2D eigenvalue weighted by molar-refractivity contribution is 5.67. The van der Waals surface area contributed by atoms with Crippen LogP contribution in [0.5, 0.6) is 11.5 Å². The number of ether oxygens (including phenoxy) is 1. The number of aromatic hydroxyl groups is 1. The van der Waals surface area contributed by atoms with Gasteiger partial charge in [-0.2, -0.15) is 0 Å². The van der Waals surface area contributed by atoms with Crippen LogP contribution < -0.4 is 10.5 Å². The molecule has 3 N–H and O–H groups in total. The fourth-order valence-corrected chi connectivity index (χ4v) is 1.02. The van der Waals surface area contributed by atoms with E-state index in [9.17, 15) is 5.11 Å². The SMILES string of the molecule is C=C(CN)c1ccc(O)c(OC)c1. The molecule has 3 heteroatoms. The van der Waals surface area contributed by atoms with Gasteiger partial charge in [0.1, 0.15) is 0 Å². The first-order valence-electron chi connectivity index (χ1n) is 3.94. The summed E-state index contributed by atoms with van der Waals surface area (Å²) in [7, 11) is 1.50. The van der Waals surface area contributed by atoms with Gasteiger partial charge in [0.2, 0.25) is 0 Å². The van der Waals surface area contributed by atoms with Gasteiger partial charge in [-0.25, -0.2) is 0 Å². The van der Waals surface area contributed by atoms with Crippen LogP contribution in [0.2, 0.25) is 0 Å². The van der Waals surface area contributed by atoms with Crippen LogP contribution in [-0.2, 0) is 0 Å². The lowest BCUT2D eigenvalue weighted by Gasteiger charge is -2.07. The predicted octanol–water partition coefficient (Wildman–Crippen LogP) is 1.37. The van der Waals surface area contributed by atoms with Crippen molar-refractivity contribution in [2.75, 3.05) is 13.7 Å². The fourth-order valence-electron chi connectivity index (χ4n) is 1.02. The Kier molecular flexibility index (Phi) is 2.93. The Hall–Kier alpha value is -1.48. The number of rotatable bonds is 3. The zero-order chi connectivity index (χ0) is 9.84. The van der Waals surface area contributed by atoms with Gasteiger partial charge in [0.15, 0.2) is 11.5 Å². The summed E-state index contributed by atoms with van der Waals surface area (Å²) >= 11 is 0. The van der Waals surface area contributed by atoms with Crippen LogP contribution >= 0.6 is 0 Å². The molecule has 0 heterocycles. The first kappa shape index (κ1) is 9.61. The van der Waals surface area contributed by atoms with E-state index in [1.54, 1.807) is 18.2 Å². The van der Waals surface area contributed by atoms with Crippen molar-refractivity contribution in [1.29, 1.82) is 0 Å². The van der Waals surface area contributed by atoms with E-state index in [4.69, 9.17) is 10.5 Å². The molecule has 0 bridgehead atoms. The van der Waals surface area contributed by atoms with Gasteiger partial charge in [-0.3, -0.25) is 0 Å². The number of hydrogen-bond donors (Lipinski definition) is 2. The largest absolute Gasteiger partial charge is 0.504 e. The lowest BCUT2D eigenvalue weighted by atomic mass is 10.1. The normalized spacial score (nSPS) is 9.69. The Morgan fingerprint density at radius 2 is 2.31 bits per heavy atom. The van der Waals surface area contributed by atoms with Crippen LogP contribution in [0.25, 0.3) is 5.57 Å². The standard InChI is InChI=1S/C10H13NO2/c1-7(6-11)8-3-4-9(12)10(5-8)13-2/h3-5,12H,1,6,11H2,2H3. The van der Waals surface area contributed by atoms with Gasteiger partial charge in [-0.15, -0.1) is 0 Å². The third-order valence-electron chi connectivity index (χ3n) is 1.83. The maximum Gasteiger partial charge on any atom is 0.161 e. The molecule has 0 aliphatic carbocycles. The Bertz CT molecular complexity index is 321. The summed E-state index contributed by atoms with van der Waals surface area (Å²) in [5, 5.41) is 9.30. The van der Waals surface area contributed by atoms with Crippen molar-refractivity contribution in [2.45, 2.75) is 0 Å². The summed E-state index contributed by atoms with van der Waals surface area (Å²) in [6, 6.07) is 5.03. The van der Waals surface area contributed by atoms with Crippen molar-refractivity contribution in [3.63, 3.8) is 0 Å². The lowest BCUT2D eigenvalue weighted by Crippen LogP contribution is -2.00.